The van der Waals surface area contributed by atoms with E-state index < -0.39 is 0 Å². The van der Waals surface area contributed by atoms with Crippen LogP contribution in [0.2, 0.25) is 0 Å². The van der Waals surface area contributed by atoms with Gasteiger partial charge in [0.15, 0.2) is 0 Å². The molecule has 4 heteroatoms. The number of aliphatic hydroxyl groups excluding tert-OH is 1. The van der Waals surface area contributed by atoms with Crippen LogP contribution in [-0.2, 0) is 0 Å². The minimum absolute atomic E-state index is 0.00556. The van der Waals surface area contributed by atoms with Crippen molar-refractivity contribution in [1.29, 1.82) is 0 Å². The molecule has 0 aromatic carbocycles. The van der Waals surface area contributed by atoms with Crippen LogP contribution in [-0.4, -0.2) is 23.3 Å². The second-order valence-electron chi connectivity index (χ2n) is 3.14. The number of aromatic nitrogens is 1. The van der Waals surface area contributed by atoms with Crippen LogP contribution >= 0.6 is 0 Å². The summed E-state index contributed by atoms with van der Waals surface area (Å²) >= 11 is 0. The molecule has 0 unspecified atom stereocenters. The van der Waals surface area contributed by atoms with E-state index in [-0.39, 0.29) is 12.6 Å². The van der Waals surface area contributed by atoms with E-state index in [1.54, 1.807) is 12.3 Å². The van der Waals surface area contributed by atoms with Crippen LogP contribution in [0.15, 0.2) is 18.3 Å². The Morgan fingerprint density at radius 1 is 1.57 bits per heavy atom. The van der Waals surface area contributed by atoms with Crippen LogP contribution in [0.25, 0.3) is 0 Å². The Morgan fingerprint density at radius 3 is 2.86 bits per heavy atom. The number of aliphatic hydroxyl groups is 1. The lowest BCUT2D eigenvalue weighted by Crippen LogP contribution is -2.06. The molecule has 4 nitrogen and oxygen atoms in total. The number of pyridine rings is 1. The summed E-state index contributed by atoms with van der Waals surface area (Å²) < 4.78 is 5.27. The lowest BCUT2D eigenvalue weighted by atomic mass is 10.2. The Labute approximate surface area is 83.7 Å². The molecule has 0 amide bonds. The number of ether oxygens (including phenoxy) is 1. The van der Waals surface area contributed by atoms with Crippen molar-refractivity contribution in [1.82, 2.24) is 4.98 Å². The van der Waals surface area contributed by atoms with Crippen LogP contribution in [0.3, 0.4) is 0 Å². The normalized spacial score (nSPS) is 12.5. The second kappa shape index (κ2) is 5.57. The molecule has 78 valence electrons. The lowest BCUT2D eigenvalue weighted by molar-refractivity contribution is 0.229. The van der Waals surface area contributed by atoms with Gasteiger partial charge in [-0.15, -0.1) is 0 Å². The summed E-state index contributed by atoms with van der Waals surface area (Å²) in [7, 11) is 0. The van der Waals surface area contributed by atoms with Gasteiger partial charge in [-0.3, -0.25) is 0 Å². The fourth-order valence-corrected chi connectivity index (χ4v) is 0.988. The number of hydrogen-bond acceptors (Lipinski definition) is 4. The Balaban J connectivity index is 2.47. The van der Waals surface area contributed by atoms with Crippen LogP contribution in [0, 0.1) is 0 Å². The average Bonchev–Trinajstić information content (AvgIpc) is 2.19. The molecule has 0 aliphatic rings. The van der Waals surface area contributed by atoms with Crippen molar-refractivity contribution < 1.29 is 9.84 Å². The van der Waals surface area contributed by atoms with Gasteiger partial charge in [-0.2, -0.15) is 0 Å². The van der Waals surface area contributed by atoms with Crippen molar-refractivity contribution in [2.24, 2.45) is 5.73 Å². The highest BCUT2D eigenvalue weighted by atomic mass is 16.5. The number of hydrogen-bond donors (Lipinski definition) is 2. The molecular weight excluding hydrogens is 180 g/mol. The van der Waals surface area contributed by atoms with Gasteiger partial charge < -0.3 is 15.6 Å². The molecule has 0 fully saturated rings. The molecule has 0 bridgehead atoms. The third-order valence-corrected chi connectivity index (χ3v) is 1.84. The van der Waals surface area contributed by atoms with Crippen LogP contribution in [0.5, 0.6) is 5.88 Å². The maximum atomic E-state index is 8.54. The zero-order valence-corrected chi connectivity index (χ0v) is 8.31. The highest BCUT2D eigenvalue weighted by Crippen LogP contribution is 2.12. The number of rotatable bonds is 5. The third-order valence-electron chi connectivity index (χ3n) is 1.84. The Morgan fingerprint density at radius 2 is 2.36 bits per heavy atom. The van der Waals surface area contributed by atoms with Crippen LogP contribution in [0.4, 0.5) is 0 Å². The van der Waals surface area contributed by atoms with Crippen molar-refractivity contribution >= 4 is 0 Å². The van der Waals surface area contributed by atoms with E-state index in [4.69, 9.17) is 15.6 Å². The van der Waals surface area contributed by atoms with E-state index in [1.807, 2.05) is 13.0 Å². The van der Waals surface area contributed by atoms with E-state index in [2.05, 4.69) is 4.98 Å². The molecule has 1 atom stereocenters. The molecule has 1 aromatic heterocycles. The minimum atomic E-state index is -0.00556. The maximum Gasteiger partial charge on any atom is 0.213 e. The second-order valence-corrected chi connectivity index (χ2v) is 3.14. The summed E-state index contributed by atoms with van der Waals surface area (Å²) in [5.41, 5.74) is 6.66. The fourth-order valence-electron chi connectivity index (χ4n) is 0.988. The van der Waals surface area contributed by atoms with E-state index in [0.717, 1.165) is 5.56 Å². The summed E-state index contributed by atoms with van der Waals surface area (Å²) in [6, 6.07) is 3.68. The fraction of sp³-hybridized carbons (Fsp3) is 0.500. The summed E-state index contributed by atoms with van der Waals surface area (Å²) in [6.07, 6.45) is 2.33. The van der Waals surface area contributed by atoms with Gasteiger partial charge in [-0.25, -0.2) is 4.98 Å². The van der Waals surface area contributed by atoms with E-state index in [0.29, 0.717) is 18.9 Å². The summed E-state index contributed by atoms with van der Waals surface area (Å²) in [4.78, 5) is 4.09. The van der Waals surface area contributed by atoms with Gasteiger partial charge in [-0.1, -0.05) is 6.07 Å². The Kier molecular flexibility index (Phi) is 4.35. The Hall–Kier alpha value is -1.13. The summed E-state index contributed by atoms with van der Waals surface area (Å²) in [5, 5.41) is 8.54. The highest BCUT2D eigenvalue weighted by Gasteiger charge is 2.00. The SMILES string of the molecule is C[C@H](N)c1ccc(OCCCO)nc1. The highest BCUT2D eigenvalue weighted by molar-refractivity contribution is 5.19. The summed E-state index contributed by atoms with van der Waals surface area (Å²) in [6.45, 7) is 2.53. The first-order valence-electron chi connectivity index (χ1n) is 4.69. The minimum Gasteiger partial charge on any atom is -0.478 e. The van der Waals surface area contributed by atoms with Crippen molar-refractivity contribution in [3.8, 4) is 5.88 Å². The first-order valence-corrected chi connectivity index (χ1v) is 4.69. The molecule has 0 saturated heterocycles. The zero-order valence-electron chi connectivity index (χ0n) is 8.31. The predicted molar refractivity (Wildman–Crippen MR) is 54.0 cm³/mol. The lowest BCUT2D eigenvalue weighted by Gasteiger charge is -2.07. The largest absolute Gasteiger partial charge is 0.478 e. The van der Waals surface area contributed by atoms with Crippen LogP contribution < -0.4 is 10.5 Å². The third kappa shape index (κ3) is 3.32. The van der Waals surface area contributed by atoms with Crippen molar-refractivity contribution in [3.63, 3.8) is 0 Å². The van der Waals surface area contributed by atoms with E-state index in [9.17, 15) is 0 Å². The predicted octanol–water partition coefficient (Wildman–Crippen LogP) is 0.863. The van der Waals surface area contributed by atoms with E-state index >= 15 is 0 Å². The molecule has 0 radical (unpaired) electrons. The smallest absolute Gasteiger partial charge is 0.213 e. The Bertz CT molecular complexity index is 259. The molecule has 14 heavy (non-hydrogen) atoms. The van der Waals surface area contributed by atoms with Gasteiger partial charge in [0.2, 0.25) is 5.88 Å². The van der Waals surface area contributed by atoms with Crippen molar-refractivity contribution in [2.75, 3.05) is 13.2 Å². The number of nitrogens with zero attached hydrogens (tertiary/aromatic N) is 1. The molecule has 0 aliphatic carbocycles. The van der Waals surface area contributed by atoms with Gasteiger partial charge in [0, 0.05) is 31.3 Å². The monoisotopic (exact) mass is 196 g/mol. The molecule has 0 spiro atoms. The van der Waals surface area contributed by atoms with Crippen molar-refractivity contribution in [3.05, 3.63) is 23.9 Å². The number of nitrogens with two attached hydrogens (primary N) is 1. The molecule has 0 aliphatic heterocycles. The van der Waals surface area contributed by atoms with Gasteiger partial charge in [0.25, 0.3) is 0 Å². The zero-order chi connectivity index (χ0) is 10.4. The topological polar surface area (TPSA) is 68.4 Å². The molecular formula is C10H16N2O2. The van der Waals surface area contributed by atoms with Gasteiger partial charge in [0.1, 0.15) is 0 Å². The molecule has 0 saturated carbocycles. The van der Waals surface area contributed by atoms with E-state index in [1.165, 1.54) is 0 Å². The van der Waals surface area contributed by atoms with Crippen molar-refractivity contribution in [2.45, 2.75) is 19.4 Å². The van der Waals surface area contributed by atoms with Crippen LogP contribution in [0.1, 0.15) is 24.9 Å². The molecule has 3 N–H and O–H groups in total. The van der Waals surface area contributed by atoms with Gasteiger partial charge >= 0.3 is 0 Å². The maximum absolute atomic E-state index is 8.54. The first kappa shape index (κ1) is 10.9. The first-order chi connectivity index (χ1) is 6.74. The molecule has 1 rings (SSSR count). The average molecular weight is 196 g/mol. The quantitative estimate of drug-likeness (QED) is 0.685. The standard InChI is InChI=1S/C10H16N2O2/c1-8(11)9-3-4-10(12-7-9)14-6-2-5-13/h3-4,7-8,13H,2,5-6,11H2,1H3/t8-/m0/s1. The van der Waals surface area contributed by atoms with Gasteiger partial charge in [0.05, 0.1) is 6.61 Å². The van der Waals surface area contributed by atoms with Gasteiger partial charge in [-0.05, 0) is 12.5 Å². The molecule has 1 heterocycles. The molecule has 1 aromatic rings. The summed E-state index contributed by atoms with van der Waals surface area (Å²) in [5.74, 6) is 0.572.